The van der Waals surface area contributed by atoms with Crippen LogP contribution in [0.3, 0.4) is 0 Å². The van der Waals surface area contributed by atoms with Crippen molar-refractivity contribution in [3.8, 4) is 5.75 Å². The van der Waals surface area contributed by atoms with Gasteiger partial charge in [0.25, 0.3) is 0 Å². The van der Waals surface area contributed by atoms with Crippen molar-refractivity contribution in [2.45, 2.75) is 24.8 Å². The van der Waals surface area contributed by atoms with E-state index in [1.165, 1.54) is 16.2 Å². The molecule has 2 rings (SSSR count). The van der Waals surface area contributed by atoms with Gasteiger partial charge in [0.15, 0.2) is 4.88 Å². The van der Waals surface area contributed by atoms with Crippen molar-refractivity contribution in [3.05, 3.63) is 45.6 Å². The zero-order valence-corrected chi connectivity index (χ0v) is 13.0. The van der Waals surface area contributed by atoms with Gasteiger partial charge in [-0.3, -0.25) is 0 Å². The van der Waals surface area contributed by atoms with Crippen LogP contribution in [0.4, 0.5) is 0 Å². The number of hydrogen-bond acceptors (Lipinski definition) is 4. The molecule has 0 fully saturated rings. The van der Waals surface area contributed by atoms with E-state index >= 15 is 0 Å². The van der Waals surface area contributed by atoms with Gasteiger partial charge in [-0.05, 0) is 36.4 Å². The summed E-state index contributed by atoms with van der Waals surface area (Å²) in [6.07, 6.45) is 2.85. The fourth-order valence-electron chi connectivity index (χ4n) is 1.74. The van der Waals surface area contributed by atoms with Gasteiger partial charge in [0.1, 0.15) is 12.4 Å². The summed E-state index contributed by atoms with van der Waals surface area (Å²) in [5.74, 6) is -0.462. The molecule has 1 N–H and O–H groups in total. The van der Waals surface area contributed by atoms with Gasteiger partial charge in [-0.15, -0.1) is 23.1 Å². The lowest BCUT2D eigenvalue weighted by Gasteiger charge is -2.06. The number of carbonyl (C=O) groups is 1. The van der Waals surface area contributed by atoms with Crippen LogP contribution in [0.2, 0.25) is 0 Å². The van der Waals surface area contributed by atoms with Crippen LogP contribution in [0.15, 0.2) is 35.2 Å². The van der Waals surface area contributed by atoms with Crippen molar-refractivity contribution in [2.24, 2.45) is 0 Å². The van der Waals surface area contributed by atoms with Crippen LogP contribution in [-0.4, -0.2) is 17.3 Å². The van der Waals surface area contributed by atoms with Crippen LogP contribution in [-0.2, 0) is 13.0 Å². The van der Waals surface area contributed by atoms with Crippen LogP contribution in [0.25, 0.3) is 0 Å². The van der Waals surface area contributed by atoms with Crippen LogP contribution >= 0.6 is 23.1 Å². The summed E-state index contributed by atoms with van der Waals surface area (Å²) in [6, 6.07) is 9.89. The van der Waals surface area contributed by atoms with Gasteiger partial charge in [-0.2, -0.15) is 0 Å². The standard InChI is InChI=1S/C15H16O3S2/c1-3-11-8-13(14(20-11)15(16)17)18-9-10-4-6-12(19-2)7-5-10/h4-8H,3,9H2,1-2H3,(H,16,17). The Morgan fingerprint density at radius 3 is 2.60 bits per heavy atom. The van der Waals surface area contributed by atoms with Gasteiger partial charge in [0.05, 0.1) is 0 Å². The molecule has 0 aliphatic heterocycles. The quantitative estimate of drug-likeness (QED) is 0.808. The Morgan fingerprint density at radius 2 is 2.05 bits per heavy atom. The van der Waals surface area contributed by atoms with E-state index in [1.807, 2.05) is 43.5 Å². The third kappa shape index (κ3) is 3.55. The van der Waals surface area contributed by atoms with E-state index in [0.717, 1.165) is 16.9 Å². The van der Waals surface area contributed by atoms with Gasteiger partial charge >= 0.3 is 5.97 Å². The highest BCUT2D eigenvalue weighted by atomic mass is 32.2. The third-order valence-corrected chi connectivity index (χ3v) is 4.84. The maximum atomic E-state index is 11.2. The lowest BCUT2D eigenvalue weighted by molar-refractivity contribution is 0.0697. The molecule has 0 radical (unpaired) electrons. The van der Waals surface area contributed by atoms with Gasteiger partial charge in [-0.1, -0.05) is 19.1 Å². The topological polar surface area (TPSA) is 46.5 Å². The molecule has 20 heavy (non-hydrogen) atoms. The maximum absolute atomic E-state index is 11.2. The number of thioether (sulfide) groups is 1. The molecule has 2 aromatic rings. The molecule has 1 heterocycles. The van der Waals surface area contributed by atoms with Crippen molar-refractivity contribution in [2.75, 3.05) is 6.26 Å². The SMILES string of the molecule is CCc1cc(OCc2ccc(SC)cc2)c(C(=O)O)s1. The zero-order valence-electron chi connectivity index (χ0n) is 11.4. The van der Waals surface area contributed by atoms with E-state index in [-0.39, 0.29) is 4.88 Å². The van der Waals surface area contributed by atoms with Crippen molar-refractivity contribution >= 4 is 29.1 Å². The predicted molar refractivity (Wildman–Crippen MR) is 83.2 cm³/mol. The third-order valence-electron chi connectivity index (χ3n) is 2.85. The Balaban J connectivity index is 2.09. The van der Waals surface area contributed by atoms with E-state index in [2.05, 4.69) is 0 Å². The van der Waals surface area contributed by atoms with E-state index in [0.29, 0.717) is 12.4 Å². The Morgan fingerprint density at radius 1 is 1.35 bits per heavy atom. The average molecular weight is 308 g/mol. The van der Waals surface area contributed by atoms with E-state index in [1.54, 1.807) is 11.8 Å². The summed E-state index contributed by atoms with van der Waals surface area (Å²) in [5, 5.41) is 9.17. The molecule has 0 amide bonds. The number of carboxylic acids is 1. The van der Waals surface area contributed by atoms with Crippen LogP contribution in [0, 0.1) is 0 Å². The summed E-state index contributed by atoms with van der Waals surface area (Å²) < 4.78 is 5.66. The van der Waals surface area contributed by atoms with Crippen LogP contribution in [0.1, 0.15) is 27.0 Å². The monoisotopic (exact) mass is 308 g/mol. The average Bonchev–Trinajstić information content (AvgIpc) is 2.89. The molecule has 0 saturated heterocycles. The largest absolute Gasteiger partial charge is 0.487 e. The summed E-state index contributed by atoms with van der Waals surface area (Å²) in [5.41, 5.74) is 1.03. The lowest BCUT2D eigenvalue weighted by Crippen LogP contribution is -2.00. The number of benzene rings is 1. The highest BCUT2D eigenvalue weighted by molar-refractivity contribution is 7.98. The predicted octanol–water partition coefficient (Wildman–Crippen LogP) is 4.31. The molecule has 0 unspecified atom stereocenters. The van der Waals surface area contributed by atoms with Crippen molar-refractivity contribution in [3.63, 3.8) is 0 Å². The summed E-state index contributed by atoms with van der Waals surface area (Å²) in [4.78, 5) is 13.7. The van der Waals surface area contributed by atoms with E-state index in [9.17, 15) is 4.79 Å². The molecule has 0 aliphatic rings. The summed E-state index contributed by atoms with van der Waals surface area (Å²) >= 11 is 2.97. The van der Waals surface area contributed by atoms with Crippen LogP contribution < -0.4 is 4.74 Å². The Bertz CT molecular complexity index is 588. The van der Waals surface area contributed by atoms with E-state index < -0.39 is 5.97 Å². The lowest BCUT2D eigenvalue weighted by atomic mass is 10.2. The fraction of sp³-hybridized carbons (Fsp3) is 0.267. The molecule has 1 aromatic carbocycles. The molecule has 106 valence electrons. The summed E-state index contributed by atoms with van der Waals surface area (Å²) in [6.45, 7) is 2.39. The molecule has 1 aromatic heterocycles. The maximum Gasteiger partial charge on any atom is 0.349 e. The first kappa shape index (κ1) is 14.9. The minimum Gasteiger partial charge on any atom is -0.487 e. The first-order valence-electron chi connectivity index (χ1n) is 6.25. The minimum atomic E-state index is -0.928. The fourth-order valence-corrected chi connectivity index (χ4v) is 3.02. The molecule has 0 atom stereocenters. The number of aromatic carboxylic acids is 1. The Kier molecular flexibility index (Phi) is 5.09. The molecular formula is C15H16O3S2. The molecule has 0 spiro atoms. The first-order chi connectivity index (χ1) is 9.63. The molecule has 0 aliphatic carbocycles. The highest BCUT2D eigenvalue weighted by Gasteiger charge is 2.16. The molecule has 0 bridgehead atoms. The molecular weight excluding hydrogens is 292 g/mol. The van der Waals surface area contributed by atoms with Crippen molar-refractivity contribution < 1.29 is 14.6 Å². The molecule has 0 saturated carbocycles. The normalized spacial score (nSPS) is 10.5. The highest BCUT2D eigenvalue weighted by Crippen LogP contribution is 2.30. The number of hydrogen-bond donors (Lipinski definition) is 1. The number of ether oxygens (including phenoxy) is 1. The summed E-state index contributed by atoms with van der Waals surface area (Å²) in [7, 11) is 0. The van der Waals surface area contributed by atoms with Gasteiger partial charge in [-0.25, -0.2) is 4.79 Å². The second-order valence-electron chi connectivity index (χ2n) is 4.20. The second kappa shape index (κ2) is 6.81. The second-order valence-corrected chi connectivity index (χ2v) is 6.22. The zero-order chi connectivity index (χ0) is 14.5. The molecule has 5 heteroatoms. The van der Waals surface area contributed by atoms with Gasteiger partial charge in [0.2, 0.25) is 0 Å². The van der Waals surface area contributed by atoms with Gasteiger partial charge in [0, 0.05) is 9.77 Å². The van der Waals surface area contributed by atoms with Gasteiger partial charge < -0.3 is 9.84 Å². The smallest absolute Gasteiger partial charge is 0.349 e. The Hall–Kier alpha value is -1.46. The van der Waals surface area contributed by atoms with Crippen molar-refractivity contribution in [1.82, 2.24) is 0 Å². The first-order valence-corrected chi connectivity index (χ1v) is 8.30. The molecule has 3 nitrogen and oxygen atoms in total. The number of carboxylic acid groups (broad SMARTS) is 1. The number of rotatable bonds is 6. The minimum absolute atomic E-state index is 0.280. The number of thiophene rings is 1. The van der Waals surface area contributed by atoms with E-state index in [4.69, 9.17) is 9.84 Å². The van der Waals surface area contributed by atoms with Crippen LogP contribution in [0.5, 0.6) is 5.75 Å². The number of aryl methyl sites for hydroxylation is 1. The van der Waals surface area contributed by atoms with Crippen molar-refractivity contribution in [1.29, 1.82) is 0 Å². The Labute approximate surface area is 126 Å².